The lowest BCUT2D eigenvalue weighted by molar-refractivity contribution is -0.118. The number of rotatable bonds is 3. The summed E-state index contributed by atoms with van der Waals surface area (Å²) in [6.07, 6.45) is 4.81. The normalized spacial score (nSPS) is 16.2. The van der Waals surface area contributed by atoms with Crippen LogP contribution in [0, 0.1) is 6.92 Å². The number of aryl methyl sites for hydroxylation is 2. The molecule has 6 heteroatoms. The minimum Gasteiger partial charge on any atom is -0.325 e. The van der Waals surface area contributed by atoms with Gasteiger partial charge in [-0.05, 0) is 37.8 Å². The number of hydrogen-bond donors (Lipinski definition) is 2. The summed E-state index contributed by atoms with van der Waals surface area (Å²) < 4.78 is 1.45. The van der Waals surface area contributed by atoms with Gasteiger partial charge in [0.25, 0.3) is 5.56 Å². The van der Waals surface area contributed by atoms with Crippen LogP contribution in [0.15, 0.2) is 17.1 Å². The molecule has 0 atom stereocenters. The van der Waals surface area contributed by atoms with Crippen molar-refractivity contribution in [2.75, 3.05) is 5.32 Å². The van der Waals surface area contributed by atoms with Crippen LogP contribution >= 0.6 is 12.4 Å². The third-order valence-corrected chi connectivity index (χ3v) is 3.60. The van der Waals surface area contributed by atoms with Gasteiger partial charge in [0, 0.05) is 25.2 Å². The van der Waals surface area contributed by atoms with Gasteiger partial charge in [0.2, 0.25) is 5.91 Å². The van der Waals surface area contributed by atoms with Crippen molar-refractivity contribution in [3.8, 4) is 0 Å². The predicted octanol–water partition coefficient (Wildman–Crippen LogP) is 1.33. The minimum atomic E-state index is -0.363. The van der Waals surface area contributed by atoms with Crippen LogP contribution in [0.2, 0.25) is 0 Å². The van der Waals surface area contributed by atoms with Crippen LogP contribution in [-0.4, -0.2) is 16.0 Å². The van der Waals surface area contributed by atoms with Crippen LogP contribution in [-0.2, 0) is 11.8 Å². The van der Waals surface area contributed by atoms with Crippen molar-refractivity contribution in [3.63, 3.8) is 0 Å². The van der Waals surface area contributed by atoms with E-state index in [9.17, 15) is 9.59 Å². The van der Waals surface area contributed by atoms with E-state index < -0.39 is 0 Å². The zero-order chi connectivity index (χ0) is 13.3. The van der Waals surface area contributed by atoms with Crippen LogP contribution in [0.4, 0.5) is 5.69 Å². The van der Waals surface area contributed by atoms with Crippen LogP contribution in [0.3, 0.4) is 0 Å². The second-order valence-corrected chi connectivity index (χ2v) is 5.23. The largest absolute Gasteiger partial charge is 0.325 e. The van der Waals surface area contributed by atoms with E-state index in [0.717, 1.165) is 24.8 Å². The van der Waals surface area contributed by atoms with Gasteiger partial charge in [-0.2, -0.15) is 0 Å². The highest BCUT2D eigenvalue weighted by Crippen LogP contribution is 2.32. The topological polar surface area (TPSA) is 77.1 Å². The highest BCUT2D eigenvalue weighted by atomic mass is 35.5. The molecule has 1 aliphatic rings. The Hall–Kier alpha value is -1.33. The Bertz CT molecular complexity index is 535. The summed E-state index contributed by atoms with van der Waals surface area (Å²) in [4.78, 5) is 23.8. The summed E-state index contributed by atoms with van der Waals surface area (Å²) in [5.74, 6) is -0.177. The number of nitrogens with one attached hydrogen (secondary N) is 1. The molecule has 5 nitrogen and oxygen atoms in total. The molecule has 106 valence electrons. The van der Waals surface area contributed by atoms with Gasteiger partial charge in [0.1, 0.15) is 5.69 Å². The van der Waals surface area contributed by atoms with E-state index in [1.165, 1.54) is 4.57 Å². The Kier molecular flexibility index (Phi) is 4.76. The lowest BCUT2D eigenvalue weighted by Gasteiger charge is -2.37. The standard InChI is InChI=1S/C13H19N3O2.ClH/c1-9-4-7-16(2)12(18)11(9)15-10(17)8-13(14)5-3-6-13;/h4,7H,3,5-6,8,14H2,1-2H3,(H,15,17);1H. The van der Waals surface area contributed by atoms with Crippen molar-refractivity contribution in [3.05, 3.63) is 28.2 Å². The number of aromatic nitrogens is 1. The number of carbonyl (C=O) groups excluding carboxylic acids is 1. The maximum Gasteiger partial charge on any atom is 0.274 e. The second-order valence-electron chi connectivity index (χ2n) is 5.23. The molecule has 0 bridgehead atoms. The highest BCUT2D eigenvalue weighted by molar-refractivity contribution is 5.92. The molecule has 1 aromatic rings. The smallest absolute Gasteiger partial charge is 0.274 e. The van der Waals surface area contributed by atoms with E-state index in [4.69, 9.17) is 5.73 Å². The number of hydrogen-bond acceptors (Lipinski definition) is 3. The molecule has 19 heavy (non-hydrogen) atoms. The van der Waals surface area contributed by atoms with Crippen molar-refractivity contribution in [2.45, 2.75) is 38.1 Å². The molecule has 1 aromatic heterocycles. The Morgan fingerprint density at radius 1 is 1.53 bits per heavy atom. The first kappa shape index (κ1) is 15.7. The zero-order valence-corrected chi connectivity index (χ0v) is 12.0. The maximum absolute atomic E-state index is 11.9. The Morgan fingerprint density at radius 3 is 2.68 bits per heavy atom. The number of halogens is 1. The molecule has 1 heterocycles. The van der Waals surface area contributed by atoms with Crippen molar-refractivity contribution in [2.24, 2.45) is 12.8 Å². The van der Waals surface area contributed by atoms with Gasteiger partial charge in [0.05, 0.1) is 0 Å². The van der Waals surface area contributed by atoms with Crippen LogP contribution in [0.25, 0.3) is 0 Å². The third kappa shape index (κ3) is 3.36. The molecule has 0 aliphatic heterocycles. The SMILES string of the molecule is Cc1ccn(C)c(=O)c1NC(=O)CC1(N)CCC1.Cl. The second kappa shape index (κ2) is 5.75. The summed E-state index contributed by atoms with van der Waals surface area (Å²) in [6, 6.07) is 1.80. The van der Waals surface area contributed by atoms with Crippen LogP contribution in [0.5, 0.6) is 0 Å². The molecular formula is C13H20ClN3O2. The Morgan fingerprint density at radius 2 is 2.16 bits per heavy atom. The van der Waals surface area contributed by atoms with E-state index in [1.54, 1.807) is 26.2 Å². The molecule has 3 N–H and O–H groups in total. The molecule has 2 rings (SSSR count). The molecule has 1 amide bonds. The number of nitrogens with two attached hydrogens (primary N) is 1. The van der Waals surface area contributed by atoms with E-state index in [2.05, 4.69) is 5.32 Å². The first-order chi connectivity index (χ1) is 8.41. The van der Waals surface area contributed by atoms with Gasteiger partial charge in [-0.3, -0.25) is 9.59 Å². The van der Waals surface area contributed by atoms with Gasteiger partial charge in [-0.1, -0.05) is 0 Å². The number of anilines is 1. The quantitative estimate of drug-likeness (QED) is 0.879. The average molecular weight is 286 g/mol. The highest BCUT2D eigenvalue weighted by Gasteiger charge is 2.34. The number of nitrogens with zero attached hydrogens (tertiary/aromatic N) is 1. The molecule has 0 aromatic carbocycles. The Labute approximate surface area is 118 Å². The predicted molar refractivity (Wildman–Crippen MR) is 77.7 cm³/mol. The molecule has 1 fully saturated rings. The van der Waals surface area contributed by atoms with Crippen molar-refractivity contribution >= 4 is 24.0 Å². The molecule has 0 radical (unpaired) electrons. The van der Waals surface area contributed by atoms with E-state index >= 15 is 0 Å². The molecule has 1 aliphatic carbocycles. The maximum atomic E-state index is 11.9. The monoisotopic (exact) mass is 285 g/mol. The summed E-state index contributed by atoms with van der Waals surface area (Å²) in [7, 11) is 1.66. The number of carbonyl (C=O) groups is 1. The molecule has 0 saturated heterocycles. The van der Waals surface area contributed by atoms with E-state index in [0.29, 0.717) is 5.69 Å². The molecule has 0 spiro atoms. The lowest BCUT2D eigenvalue weighted by Crippen LogP contribution is -2.49. The van der Waals surface area contributed by atoms with E-state index in [-0.39, 0.29) is 35.8 Å². The molecule has 1 saturated carbocycles. The molecular weight excluding hydrogens is 266 g/mol. The third-order valence-electron chi connectivity index (χ3n) is 3.60. The summed E-state index contributed by atoms with van der Waals surface area (Å²) in [5, 5.41) is 2.69. The number of amides is 1. The van der Waals surface area contributed by atoms with Gasteiger partial charge >= 0.3 is 0 Å². The Balaban J connectivity index is 0.00000180. The summed E-state index contributed by atoms with van der Waals surface area (Å²) in [5.41, 5.74) is 6.59. The van der Waals surface area contributed by atoms with Gasteiger partial charge < -0.3 is 15.6 Å². The van der Waals surface area contributed by atoms with Crippen molar-refractivity contribution < 1.29 is 4.79 Å². The van der Waals surface area contributed by atoms with E-state index in [1.807, 2.05) is 0 Å². The molecule has 0 unspecified atom stereocenters. The van der Waals surface area contributed by atoms with Gasteiger partial charge in [0.15, 0.2) is 0 Å². The first-order valence-electron chi connectivity index (χ1n) is 6.16. The fourth-order valence-corrected chi connectivity index (χ4v) is 2.18. The van der Waals surface area contributed by atoms with Gasteiger partial charge in [-0.25, -0.2) is 0 Å². The lowest BCUT2D eigenvalue weighted by atomic mass is 9.75. The fraction of sp³-hybridized carbons (Fsp3) is 0.538. The van der Waals surface area contributed by atoms with Crippen molar-refractivity contribution in [1.82, 2.24) is 4.57 Å². The van der Waals surface area contributed by atoms with Gasteiger partial charge in [-0.15, -0.1) is 12.4 Å². The van der Waals surface area contributed by atoms with Crippen LogP contribution < -0.4 is 16.6 Å². The minimum absolute atomic E-state index is 0. The first-order valence-corrected chi connectivity index (χ1v) is 6.16. The summed E-state index contributed by atoms with van der Waals surface area (Å²) in [6.45, 7) is 1.80. The number of pyridine rings is 1. The van der Waals surface area contributed by atoms with Crippen molar-refractivity contribution in [1.29, 1.82) is 0 Å². The average Bonchev–Trinajstić information content (AvgIpc) is 2.27. The zero-order valence-electron chi connectivity index (χ0n) is 11.2. The van der Waals surface area contributed by atoms with Crippen LogP contribution in [0.1, 0.15) is 31.2 Å². The summed E-state index contributed by atoms with van der Waals surface area (Å²) >= 11 is 0. The fourth-order valence-electron chi connectivity index (χ4n) is 2.18.